The molecule has 29 heavy (non-hydrogen) atoms. The van der Waals surface area contributed by atoms with Gasteiger partial charge in [0.1, 0.15) is 5.78 Å². The van der Waals surface area contributed by atoms with Crippen molar-refractivity contribution >= 4 is 23.2 Å². The molecule has 1 fully saturated rings. The summed E-state index contributed by atoms with van der Waals surface area (Å²) in [5.74, 6) is -1.58. The number of fused-ring (bicyclic) bond motifs is 1. The van der Waals surface area contributed by atoms with Gasteiger partial charge in [-0.3, -0.25) is 19.9 Å². The summed E-state index contributed by atoms with van der Waals surface area (Å²) >= 11 is 0. The molecule has 2 unspecified atom stereocenters. The third kappa shape index (κ3) is 4.13. The number of hydrogen-bond acceptors (Lipinski definition) is 6. The fraction of sp³-hybridized carbons (Fsp3) is 0.500. The maximum Gasteiger partial charge on any atom is 0.336 e. The van der Waals surface area contributed by atoms with Crippen LogP contribution < -0.4 is 0 Å². The first kappa shape index (κ1) is 20.9. The van der Waals surface area contributed by atoms with Gasteiger partial charge in [0.25, 0.3) is 5.69 Å². The van der Waals surface area contributed by atoms with Gasteiger partial charge < -0.3 is 4.74 Å². The van der Waals surface area contributed by atoms with Crippen LogP contribution in [0, 0.1) is 21.4 Å². The number of esters is 1. The van der Waals surface area contributed by atoms with Crippen molar-refractivity contribution in [3.8, 4) is 0 Å². The molecule has 1 aromatic rings. The van der Waals surface area contributed by atoms with Gasteiger partial charge >= 0.3 is 5.97 Å². The van der Waals surface area contributed by atoms with Gasteiger partial charge in [0.15, 0.2) is 0 Å². The van der Waals surface area contributed by atoms with E-state index in [1.807, 2.05) is 13.8 Å². The van der Waals surface area contributed by atoms with Gasteiger partial charge in [-0.1, -0.05) is 26.0 Å². The van der Waals surface area contributed by atoms with Gasteiger partial charge in [-0.2, -0.15) is 0 Å². The maximum atomic E-state index is 13.1. The second-order valence-electron chi connectivity index (χ2n) is 8.84. The predicted octanol–water partition coefficient (Wildman–Crippen LogP) is 4.36. The lowest BCUT2D eigenvalue weighted by Gasteiger charge is -2.41. The highest BCUT2D eigenvalue weighted by atomic mass is 16.6. The van der Waals surface area contributed by atoms with Crippen LogP contribution in [-0.2, 0) is 14.3 Å². The number of benzene rings is 1. The largest absolute Gasteiger partial charge is 0.460 e. The Balaban J connectivity index is 2.14. The number of carbonyl (C=O) groups is 2. The summed E-state index contributed by atoms with van der Waals surface area (Å²) in [6, 6.07) is 6.04. The number of rotatable bonds is 4. The molecule has 3 rings (SSSR count). The minimum atomic E-state index is -0.557. The molecule has 0 amide bonds. The van der Waals surface area contributed by atoms with Gasteiger partial charge in [0.05, 0.1) is 22.5 Å². The van der Waals surface area contributed by atoms with Gasteiger partial charge in [0, 0.05) is 35.9 Å². The van der Waals surface area contributed by atoms with E-state index in [0.29, 0.717) is 29.7 Å². The highest BCUT2D eigenvalue weighted by Crippen LogP contribution is 2.47. The normalized spacial score (nSPS) is 23.5. The number of aliphatic imine (C=N–C) groups is 1. The molecule has 7 heteroatoms. The van der Waals surface area contributed by atoms with Crippen LogP contribution in [0.25, 0.3) is 0 Å². The van der Waals surface area contributed by atoms with E-state index >= 15 is 0 Å². The van der Waals surface area contributed by atoms with Crippen molar-refractivity contribution in [2.75, 3.05) is 0 Å². The zero-order valence-corrected chi connectivity index (χ0v) is 17.4. The van der Waals surface area contributed by atoms with Gasteiger partial charge in [-0.15, -0.1) is 0 Å². The molecular formula is C22H26N2O5. The number of nitrogens with zero attached hydrogens (tertiary/aromatic N) is 2. The van der Waals surface area contributed by atoms with Crippen LogP contribution in [0.3, 0.4) is 0 Å². The second-order valence-corrected chi connectivity index (χ2v) is 8.84. The molecule has 2 aliphatic rings. The van der Waals surface area contributed by atoms with E-state index in [1.54, 1.807) is 32.9 Å². The van der Waals surface area contributed by atoms with Crippen LogP contribution in [0.1, 0.15) is 58.9 Å². The van der Waals surface area contributed by atoms with Crippen LogP contribution in [0.5, 0.6) is 0 Å². The Labute approximate surface area is 170 Å². The highest BCUT2D eigenvalue weighted by molar-refractivity contribution is 6.12. The van der Waals surface area contributed by atoms with E-state index in [0.717, 1.165) is 5.71 Å². The number of ketones is 1. The number of hydrogen-bond donors (Lipinski definition) is 0. The maximum absolute atomic E-state index is 13.1. The minimum absolute atomic E-state index is 0.0331. The second kappa shape index (κ2) is 7.54. The van der Waals surface area contributed by atoms with Crippen molar-refractivity contribution in [2.45, 2.75) is 59.5 Å². The number of ether oxygens (including phenoxy) is 1. The van der Waals surface area contributed by atoms with E-state index in [1.165, 1.54) is 12.1 Å². The van der Waals surface area contributed by atoms with Crippen molar-refractivity contribution in [1.29, 1.82) is 0 Å². The smallest absolute Gasteiger partial charge is 0.336 e. The predicted molar refractivity (Wildman–Crippen MR) is 109 cm³/mol. The fourth-order valence-corrected chi connectivity index (χ4v) is 4.30. The van der Waals surface area contributed by atoms with Crippen LogP contribution >= 0.6 is 0 Å². The topological polar surface area (TPSA) is 98.9 Å². The van der Waals surface area contributed by atoms with Crippen LogP contribution in [0.2, 0.25) is 0 Å². The molecule has 1 aliphatic heterocycles. The van der Waals surface area contributed by atoms with Crippen LogP contribution in [0.4, 0.5) is 5.69 Å². The molecule has 0 spiro atoms. The zero-order valence-electron chi connectivity index (χ0n) is 17.4. The van der Waals surface area contributed by atoms with Crippen LogP contribution in [0.15, 0.2) is 40.5 Å². The summed E-state index contributed by atoms with van der Waals surface area (Å²) in [6.07, 6.45) is 0.745. The van der Waals surface area contributed by atoms with Crippen molar-refractivity contribution < 1.29 is 19.2 Å². The zero-order chi connectivity index (χ0) is 21.5. The first-order valence-corrected chi connectivity index (χ1v) is 9.76. The Morgan fingerprint density at radius 1 is 1.21 bits per heavy atom. The van der Waals surface area contributed by atoms with E-state index in [4.69, 9.17) is 4.74 Å². The number of nitro benzene ring substituents is 1. The SMILES string of the molecule is CC1=C(C(=O)OC(C)C)C(c2ccc([N+](=O)[O-])cc2)C2C(=O)CC(C)(C)CC2=N1. The molecule has 1 aliphatic carbocycles. The molecular weight excluding hydrogens is 372 g/mol. The summed E-state index contributed by atoms with van der Waals surface area (Å²) in [6.45, 7) is 9.35. The molecule has 1 heterocycles. The van der Waals surface area contributed by atoms with E-state index in [-0.39, 0.29) is 23.0 Å². The Morgan fingerprint density at radius 3 is 2.38 bits per heavy atom. The molecule has 0 radical (unpaired) electrons. The summed E-state index contributed by atoms with van der Waals surface area (Å²) < 4.78 is 5.44. The molecule has 0 saturated heterocycles. The average molecular weight is 398 g/mol. The Hall–Kier alpha value is -2.83. The Kier molecular flexibility index (Phi) is 5.43. The number of nitro groups is 1. The first-order chi connectivity index (χ1) is 13.5. The minimum Gasteiger partial charge on any atom is -0.460 e. The molecule has 0 N–H and O–H groups in total. The van der Waals surface area contributed by atoms with Crippen molar-refractivity contribution in [2.24, 2.45) is 16.3 Å². The molecule has 7 nitrogen and oxygen atoms in total. The fourth-order valence-electron chi connectivity index (χ4n) is 4.30. The quantitative estimate of drug-likeness (QED) is 0.426. The molecule has 1 aromatic carbocycles. The van der Waals surface area contributed by atoms with E-state index in [9.17, 15) is 19.7 Å². The Morgan fingerprint density at radius 2 is 1.83 bits per heavy atom. The first-order valence-electron chi connectivity index (χ1n) is 9.76. The molecule has 1 saturated carbocycles. The third-order valence-corrected chi connectivity index (χ3v) is 5.39. The van der Waals surface area contributed by atoms with Gasteiger partial charge in [-0.25, -0.2) is 4.79 Å². The van der Waals surface area contributed by atoms with E-state index < -0.39 is 22.7 Å². The Bertz CT molecular complexity index is 925. The molecule has 154 valence electrons. The summed E-state index contributed by atoms with van der Waals surface area (Å²) in [5, 5.41) is 11.0. The van der Waals surface area contributed by atoms with Crippen molar-refractivity contribution in [3.05, 3.63) is 51.2 Å². The standard InChI is InChI=1S/C22H26N2O5/c1-12(2)29-21(26)18-13(3)23-16-10-22(4,5)11-17(25)20(16)19(18)14-6-8-15(9-7-14)24(27)28/h6-9,12,19-20H,10-11H2,1-5H3. The number of non-ortho nitro benzene ring substituents is 1. The van der Waals surface area contributed by atoms with Gasteiger partial charge in [-0.05, 0) is 38.2 Å². The lowest BCUT2D eigenvalue weighted by atomic mass is 9.63. The lowest BCUT2D eigenvalue weighted by molar-refractivity contribution is -0.384. The molecule has 0 bridgehead atoms. The third-order valence-electron chi connectivity index (χ3n) is 5.39. The number of Topliss-reactive ketones (excluding diaryl/α,β-unsaturated/α-hetero) is 1. The average Bonchev–Trinajstić information content (AvgIpc) is 2.58. The number of carbonyl (C=O) groups excluding carboxylic acids is 2. The van der Waals surface area contributed by atoms with Crippen molar-refractivity contribution in [1.82, 2.24) is 0 Å². The van der Waals surface area contributed by atoms with Gasteiger partial charge in [0.2, 0.25) is 0 Å². The monoisotopic (exact) mass is 398 g/mol. The van der Waals surface area contributed by atoms with Crippen LogP contribution in [-0.4, -0.2) is 28.5 Å². The molecule has 2 atom stereocenters. The molecule has 0 aromatic heterocycles. The number of allylic oxidation sites excluding steroid dienone is 1. The lowest BCUT2D eigenvalue weighted by Crippen LogP contribution is -2.44. The summed E-state index contributed by atoms with van der Waals surface area (Å²) in [4.78, 5) is 41.3. The van der Waals surface area contributed by atoms with E-state index in [2.05, 4.69) is 4.99 Å². The van der Waals surface area contributed by atoms with Crippen molar-refractivity contribution in [3.63, 3.8) is 0 Å². The summed E-state index contributed by atoms with van der Waals surface area (Å²) in [5.41, 5.74) is 2.11. The highest BCUT2D eigenvalue weighted by Gasteiger charge is 2.47. The summed E-state index contributed by atoms with van der Waals surface area (Å²) in [7, 11) is 0.